The fourth-order valence-corrected chi connectivity index (χ4v) is 3.08. The summed E-state index contributed by atoms with van der Waals surface area (Å²) in [6.07, 6.45) is 4.83. The minimum atomic E-state index is 0.747. The fourth-order valence-electron chi connectivity index (χ4n) is 3.08. The van der Waals surface area contributed by atoms with E-state index in [0.29, 0.717) is 0 Å². The van der Waals surface area contributed by atoms with Gasteiger partial charge in [0.2, 0.25) is 0 Å². The Morgan fingerprint density at radius 2 is 2.04 bits per heavy atom. The van der Waals surface area contributed by atoms with Crippen LogP contribution < -0.4 is 5.32 Å². The van der Waals surface area contributed by atoms with Gasteiger partial charge in [-0.25, -0.2) is 9.97 Å². The Kier molecular flexibility index (Phi) is 3.45. The lowest BCUT2D eigenvalue weighted by molar-refractivity contribution is 0.783. The Bertz CT molecular complexity index is 1030. The van der Waals surface area contributed by atoms with E-state index in [1.807, 2.05) is 20.2 Å². The Hall–Kier alpha value is -2.89. The molecule has 0 aliphatic carbocycles. The lowest BCUT2D eigenvalue weighted by Gasteiger charge is -2.07. The molecule has 0 bridgehead atoms. The standard InChI is InChI=1S/C18H20N6/c1-11-4-5-16-14(8-11)13(9-20-16)6-7-19-17-15-10-21-24(3)18(15)23-12(2)22-17/h4-5,8-10,20H,6-7H2,1-3H3,(H,19,22,23). The van der Waals surface area contributed by atoms with Crippen LogP contribution in [-0.2, 0) is 13.5 Å². The second-order valence-corrected chi connectivity index (χ2v) is 6.16. The van der Waals surface area contributed by atoms with Crippen molar-refractivity contribution in [1.29, 1.82) is 0 Å². The third-order valence-corrected chi connectivity index (χ3v) is 4.31. The lowest BCUT2D eigenvalue weighted by atomic mass is 10.1. The summed E-state index contributed by atoms with van der Waals surface area (Å²) >= 11 is 0. The van der Waals surface area contributed by atoms with E-state index < -0.39 is 0 Å². The number of anilines is 1. The van der Waals surface area contributed by atoms with E-state index in [0.717, 1.165) is 35.6 Å². The number of H-pyrrole nitrogens is 1. The van der Waals surface area contributed by atoms with Crippen LogP contribution in [0.4, 0.5) is 5.82 Å². The average Bonchev–Trinajstić information content (AvgIpc) is 3.12. The van der Waals surface area contributed by atoms with E-state index in [4.69, 9.17) is 0 Å². The van der Waals surface area contributed by atoms with Gasteiger partial charge in [0.05, 0.1) is 11.6 Å². The van der Waals surface area contributed by atoms with Crippen molar-refractivity contribution < 1.29 is 0 Å². The van der Waals surface area contributed by atoms with Crippen LogP contribution >= 0.6 is 0 Å². The van der Waals surface area contributed by atoms with Crippen LogP contribution in [-0.4, -0.2) is 31.3 Å². The highest BCUT2D eigenvalue weighted by Crippen LogP contribution is 2.22. The second-order valence-electron chi connectivity index (χ2n) is 6.16. The zero-order chi connectivity index (χ0) is 16.7. The summed E-state index contributed by atoms with van der Waals surface area (Å²) in [6, 6.07) is 6.49. The van der Waals surface area contributed by atoms with E-state index in [-0.39, 0.29) is 0 Å². The first-order valence-electron chi connectivity index (χ1n) is 8.08. The van der Waals surface area contributed by atoms with Crippen LogP contribution in [0.3, 0.4) is 0 Å². The summed E-state index contributed by atoms with van der Waals surface area (Å²) in [7, 11) is 1.90. The number of hydrogen-bond donors (Lipinski definition) is 2. The fraction of sp³-hybridized carbons (Fsp3) is 0.278. The maximum atomic E-state index is 4.53. The van der Waals surface area contributed by atoms with Crippen LogP contribution in [0.25, 0.3) is 21.9 Å². The van der Waals surface area contributed by atoms with Gasteiger partial charge in [-0.2, -0.15) is 5.10 Å². The Balaban J connectivity index is 1.56. The van der Waals surface area contributed by atoms with E-state index in [1.54, 1.807) is 4.68 Å². The topological polar surface area (TPSA) is 71.4 Å². The molecule has 0 saturated carbocycles. The van der Waals surface area contributed by atoms with Crippen molar-refractivity contribution in [2.24, 2.45) is 7.05 Å². The van der Waals surface area contributed by atoms with Gasteiger partial charge in [0, 0.05) is 30.7 Å². The summed E-state index contributed by atoms with van der Waals surface area (Å²) in [5.74, 6) is 1.60. The molecule has 6 nitrogen and oxygen atoms in total. The minimum Gasteiger partial charge on any atom is -0.369 e. The van der Waals surface area contributed by atoms with Gasteiger partial charge >= 0.3 is 0 Å². The van der Waals surface area contributed by atoms with Crippen molar-refractivity contribution >= 4 is 27.8 Å². The molecule has 122 valence electrons. The normalized spacial score (nSPS) is 11.5. The summed E-state index contributed by atoms with van der Waals surface area (Å²) in [6.45, 7) is 4.83. The van der Waals surface area contributed by atoms with E-state index in [1.165, 1.54) is 22.0 Å². The first-order chi connectivity index (χ1) is 11.6. The van der Waals surface area contributed by atoms with Gasteiger partial charge in [-0.3, -0.25) is 4.68 Å². The first-order valence-corrected chi connectivity index (χ1v) is 8.08. The Labute approximate surface area is 139 Å². The minimum absolute atomic E-state index is 0.747. The molecule has 2 N–H and O–H groups in total. The predicted octanol–water partition coefficient (Wildman–Crippen LogP) is 3.12. The molecule has 0 radical (unpaired) electrons. The largest absolute Gasteiger partial charge is 0.369 e. The molecule has 0 saturated heterocycles. The summed E-state index contributed by atoms with van der Waals surface area (Å²) in [5.41, 5.74) is 4.63. The van der Waals surface area contributed by atoms with Crippen LogP contribution in [0.2, 0.25) is 0 Å². The molecule has 3 heterocycles. The number of hydrogen-bond acceptors (Lipinski definition) is 4. The molecule has 0 atom stereocenters. The highest BCUT2D eigenvalue weighted by atomic mass is 15.3. The number of aromatic amines is 1. The van der Waals surface area contributed by atoms with Crippen LogP contribution in [0.15, 0.2) is 30.6 Å². The molecule has 0 aliphatic heterocycles. The highest BCUT2D eigenvalue weighted by molar-refractivity contribution is 5.86. The number of nitrogens with zero attached hydrogens (tertiary/aromatic N) is 4. The molecule has 24 heavy (non-hydrogen) atoms. The van der Waals surface area contributed by atoms with Crippen LogP contribution in [0, 0.1) is 13.8 Å². The predicted molar refractivity (Wildman–Crippen MR) is 96.3 cm³/mol. The number of nitrogens with one attached hydrogen (secondary N) is 2. The highest BCUT2D eigenvalue weighted by Gasteiger charge is 2.10. The zero-order valence-electron chi connectivity index (χ0n) is 14.1. The summed E-state index contributed by atoms with van der Waals surface area (Å²) in [5, 5.41) is 9.97. The molecule has 3 aromatic heterocycles. The van der Waals surface area contributed by atoms with Crippen LogP contribution in [0.5, 0.6) is 0 Å². The smallest absolute Gasteiger partial charge is 0.163 e. The summed E-state index contributed by atoms with van der Waals surface area (Å²) in [4.78, 5) is 12.3. The number of aromatic nitrogens is 5. The Morgan fingerprint density at radius 1 is 1.17 bits per heavy atom. The van der Waals surface area contributed by atoms with Crippen molar-refractivity contribution in [3.05, 3.63) is 47.5 Å². The number of aryl methyl sites for hydroxylation is 3. The number of fused-ring (bicyclic) bond motifs is 2. The van der Waals surface area contributed by atoms with Gasteiger partial charge in [0.25, 0.3) is 0 Å². The monoisotopic (exact) mass is 320 g/mol. The third-order valence-electron chi connectivity index (χ3n) is 4.31. The van der Waals surface area contributed by atoms with Gasteiger partial charge < -0.3 is 10.3 Å². The quantitative estimate of drug-likeness (QED) is 0.606. The molecule has 4 aromatic rings. The van der Waals surface area contributed by atoms with Crippen molar-refractivity contribution in [3.63, 3.8) is 0 Å². The SMILES string of the molecule is Cc1ccc2[nH]cc(CCNc3nc(C)nc4c3cnn4C)c2c1. The molecule has 0 unspecified atom stereocenters. The van der Waals surface area contributed by atoms with Gasteiger partial charge in [-0.1, -0.05) is 11.6 Å². The van der Waals surface area contributed by atoms with Crippen molar-refractivity contribution in [2.75, 3.05) is 11.9 Å². The van der Waals surface area contributed by atoms with E-state index in [9.17, 15) is 0 Å². The van der Waals surface area contributed by atoms with Crippen molar-refractivity contribution in [3.8, 4) is 0 Å². The Morgan fingerprint density at radius 3 is 2.92 bits per heavy atom. The second kappa shape index (κ2) is 5.63. The van der Waals surface area contributed by atoms with Gasteiger partial charge in [-0.15, -0.1) is 0 Å². The van der Waals surface area contributed by atoms with Gasteiger partial charge in [0.1, 0.15) is 11.6 Å². The molecule has 0 amide bonds. The van der Waals surface area contributed by atoms with E-state index >= 15 is 0 Å². The molecule has 6 heteroatoms. The van der Waals surface area contributed by atoms with Crippen molar-refractivity contribution in [2.45, 2.75) is 20.3 Å². The molecule has 0 aliphatic rings. The molecule has 4 rings (SSSR count). The van der Waals surface area contributed by atoms with Gasteiger partial charge in [0.15, 0.2) is 5.65 Å². The molecular weight excluding hydrogens is 300 g/mol. The maximum absolute atomic E-state index is 4.53. The molecular formula is C18H20N6. The number of benzene rings is 1. The first kappa shape index (κ1) is 14.7. The van der Waals surface area contributed by atoms with Crippen LogP contribution in [0.1, 0.15) is 17.0 Å². The number of rotatable bonds is 4. The third kappa shape index (κ3) is 2.50. The maximum Gasteiger partial charge on any atom is 0.163 e. The summed E-state index contributed by atoms with van der Waals surface area (Å²) < 4.78 is 1.78. The average molecular weight is 320 g/mol. The van der Waals surface area contributed by atoms with E-state index in [2.05, 4.69) is 56.7 Å². The molecule has 1 aromatic carbocycles. The molecule has 0 spiro atoms. The lowest BCUT2D eigenvalue weighted by Crippen LogP contribution is -2.08. The van der Waals surface area contributed by atoms with Gasteiger partial charge in [-0.05, 0) is 38.0 Å². The van der Waals surface area contributed by atoms with Crippen molar-refractivity contribution in [1.82, 2.24) is 24.7 Å². The molecule has 0 fully saturated rings. The zero-order valence-corrected chi connectivity index (χ0v) is 14.1.